The summed E-state index contributed by atoms with van der Waals surface area (Å²) in [7, 11) is 0. The van der Waals surface area contributed by atoms with Crippen molar-refractivity contribution in [2.24, 2.45) is 5.41 Å². The summed E-state index contributed by atoms with van der Waals surface area (Å²) in [6, 6.07) is 0. The molecular weight excluding hydrogens is 244 g/mol. The van der Waals surface area contributed by atoms with Crippen molar-refractivity contribution in [2.75, 3.05) is 0 Å². The van der Waals surface area contributed by atoms with Crippen LogP contribution in [0.4, 0.5) is 0 Å². The maximum atomic E-state index is 11.5. The molecule has 98 valence electrons. The molecule has 7 nitrogen and oxygen atoms in total. The van der Waals surface area contributed by atoms with Crippen molar-refractivity contribution in [3.8, 4) is 0 Å². The van der Waals surface area contributed by atoms with Crippen LogP contribution in [0.25, 0.3) is 0 Å². The van der Waals surface area contributed by atoms with Gasteiger partial charge in [-0.1, -0.05) is 13.3 Å². The van der Waals surface area contributed by atoms with E-state index in [4.69, 9.17) is 0 Å². The Morgan fingerprint density at radius 2 is 1.67 bits per heavy atom. The Morgan fingerprint density at radius 3 is 1.94 bits per heavy atom. The van der Waals surface area contributed by atoms with E-state index in [9.17, 15) is 29.4 Å². The first-order valence-corrected chi connectivity index (χ1v) is 5.23. The van der Waals surface area contributed by atoms with Gasteiger partial charge in [-0.15, -0.1) is 0 Å². The third kappa shape index (κ3) is 1.77. The first-order valence-electron chi connectivity index (χ1n) is 5.23. The zero-order valence-corrected chi connectivity index (χ0v) is 9.85. The van der Waals surface area contributed by atoms with Crippen LogP contribution in [-0.2, 0) is 23.9 Å². The lowest BCUT2D eigenvalue weighted by molar-refractivity contribution is -0.165. The first-order chi connectivity index (χ1) is 8.28. The summed E-state index contributed by atoms with van der Waals surface area (Å²) in [6.45, 7) is 2.76. The summed E-state index contributed by atoms with van der Waals surface area (Å²) < 4.78 is 4.26. The van der Waals surface area contributed by atoms with Crippen molar-refractivity contribution >= 4 is 23.9 Å². The highest BCUT2D eigenvalue weighted by molar-refractivity contribution is 6.20. The van der Waals surface area contributed by atoms with Gasteiger partial charge in [0, 0.05) is 5.57 Å². The molecule has 1 aliphatic rings. The van der Waals surface area contributed by atoms with E-state index in [0.29, 0.717) is 0 Å². The number of hydrogen-bond donors (Lipinski definition) is 2. The number of esters is 2. The van der Waals surface area contributed by atoms with E-state index in [0.717, 1.165) is 0 Å². The summed E-state index contributed by atoms with van der Waals surface area (Å²) in [6.07, 6.45) is -0.0798. The van der Waals surface area contributed by atoms with Crippen molar-refractivity contribution in [1.29, 1.82) is 0 Å². The molecule has 0 radical (unpaired) electrons. The quantitative estimate of drug-likeness (QED) is 0.537. The molecule has 1 rings (SSSR count). The third-order valence-electron chi connectivity index (χ3n) is 2.85. The minimum absolute atomic E-state index is 0.219. The predicted molar refractivity (Wildman–Crippen MR) is 56.4 cm³/mol. The molecule has 0 aromatic rings. The molecule has 0 saturated heterocycles. The molecule has 0 amide bonds. The normalized spacial score (nSPS) is 15.9. The first kappa shape index (κ1) is 13.9. The molecule has 0 aliphatic carbocycles. The minimum Gasteiger partial charge on any atom is -0.480 e. The van der Waals surface area contributed by atoms with E-state index in [2.05, 4.69) is 4.74 Å². The Morgan fingerprint density at radius 1 is 1.17 bits per heavy atom. The topological polar surface area (TPSA) is 118 Å². The Kier molecular flexibility index (Phi) is 3.54. The predicted octanol–water partition coefficient (Wildman–Crippen LogP) is 0.342. The maximum absolute atomic E-state index is 11.5. The number of carbonyl (C=O) groups is 4. The van der Waals surface area contributed by atoms with Crippen molar-refractivity contribution in [1.82, 2.24) is 0 Å². The lowest BCUT2D eigenvalue weighted by atomic mass is 9.75. The van der Waals surface area contributed by atoms with Crippen LogP contribution in [0.5, 0.6) is 0 Å². The second kappa shape index (κ2) is 4.59. The fourth-order valence-electron chi connectivity index (χ4n) is 1.98. The average molecular weight is 256 g/mol. The second-order valence-electron chi connectivity index (χ2n) is 3.94. The monoisotopic (exact) mass is 256 g/mol. The minimum atomic E-state index is -2.43. The van der Waals surface area contributed by atoms with E-state index < -0.39 is 34.9 Å². The van der Waals surface area contributed by atoms with Crippen LogP contribution in [0.2, 0.25) is 0 Å². The van der Waals surface area contributed by atoms with Gasteiger partial charge in [0.1, 0.15) is 0 Å². The molecule has 18 heavy (non-hydrogen) atoms. The smallest absolute Gasteiger partial charge is 0.344 e. The van der Waals surface area contributed by atoms with Gasteiger partial charge in [-0.25, -0.2) is 9.59 Å². The van der Waals surface area contributed by atoms with E-state index in [1.807, 2.05) is 0 Å². The molecule has 0 aromatic carbocycles. The van der Waals surface area contributed by atoms with Gasteiger partial charge in [0.05, 0.1) is 5.57 Å². The fourth-order valence-corrected chi connectivity index (χ4v) is 1.98. The van der Waals surface area contributed by atoms with Crippen molar-refractivity contribution < 1.29 is 34.1 Å². The van der Waals surface area contributed by atoms with Crippen LogP contribution < -0.4 is 0 Å². The second-order valence-corrected chi connectivity index (χ2v) is 3.94. The standard InChI is InChI=1S/C11H12O7/c1-3-4-11(9(14)15,10(16)17)6-5(2)7(12)18-8(6)13/h3-4H2,1-2H3,(H,14,15)(H,16,17). The molecule has 0 saturated carbocycles. The average Bonchev–Trinajstić information content (AvgIpc) is 2.50. The molecule has 7 heteroatoms. The number of cyclic esters (lactones) is 2. The molecule has 0 spiro atoms. The van der Waals surface area contributed by atoms with Gasteiger partial charge in [0.2, 0.25) is 0 Å². The molecular formula is C11H12O7. The summed E-state index contributed by atoms with van der Waals surface area (Å²) in [5.74, 6) is -5.57. The van der Waals surface area contributed by atoms with Crippen LogP contribution in [-0.4, -0.2) is 34.1 Å². The highest BCUT2D eigenvalue weighted by atomic mass is 16.6. The van der Waals surface area contributed by atoms with Crippen molar-refractivity contribution in [2.45, 2.75) is 26.7 Å². The van der Waals surface area contributed by atoms with Gasteiger partial charge in [-0.3, -0.25) is 9.59 Å². The van der Waals surface area contributed by atoms with Gasteiger partial charge in [0.15, 0.2) is 5.41 Å². The van der Waals surface area contributed by atoms with Gasteiger partial charge >= 0.3 is 23.9 Å². The Hall–Kier alpha value is -2.18. The third-order valence-corrected chi connectivity index (χ3v) is 2.85. The zero-order chi connectivity index (χ0) is 14.1. The number of carboxylic acids is 2. The molecule has 0 atom stereocenters. The molecule has 0 unspecified atom stereocenters. The van der Waals surface area contributed by atoms with E-state index in [1.54, 1.807) is 6.92 Å². The van der Waals surface area contributed by atoms with Crippen LogP contribution in [0.15, 0.2) is 11.1 Å². The molecule has 0 fully saturated rings. The number of carbonyl (C=O) groups excluding carboxylic acids is 2. The number of ether oxygens (including phenoxy) is 1. The molecule has 1 aliphatic heterocycles. The van der Waals surface area contributed by atoms with E-state index in [1.165, 1.54) is 6.92 Å². The van der Waals surface area contributed by atoms with Gasteiger partial charge in [-0.05, 0) is 13.3 Å². The van der Waals surface area contributed by atoms with Gasteiger partial charge in [-0.2, -0.15) is 0 Å². The zero-order valence-electron chi connectivity index (χ0n) is 9.85. The summed E-state index contributed by atoms with van der Waals surface area (Å²) >= 11 is 0. The van der Waals surface area contributed by atoms with Crippen molar-refractivity contribution in [3.63, 3.8) is 0 Å². The Labute approximate surface area is 102 Å². The van der Waals surface area contributed by atoms with E-state index in [-0.39, 0.29) is 18.4 Å². The van der Waals surface area contributed by atoms with Crippen LogP contribution in [0.3, 0.4) is 0 Å². The highest BCUT2D eigenvalue weighted by Gasteiger charge is 2.56. The van der Waals surface area contributed by atoms with Crippen molar-refractivity contribution in [3.05, 3.63) is 11.1 Å². The molecule has 0 aromatic heterocycles. The summed E-state index contributed by atoms with van der Waals surface area (Å²) in [4.78, 5) is 45.3. The summed E-state index contributed by atoms with van der Waals surface area (Å²) in [5, 5.41) is 18.3. The van der Waals surface area contributed by atoms with E-state index >= 15 is 0 Å². The highest BCUT2D eigenvalue weighted by Crippen LogP contribution is 2.39. The molecule has 2 N–H and O–H groups in total. The molecule has 1 heterocycles. The fraction of sp³-hybridized carbons (Fsp3) is 0.455. The van der Waals surface area contributed by atoms with Gasteiger partial charge < -0.3 is 14.9 Å². The number of carboxylic acid groups (broad SMARTS) is 2. The lowest BCUT2D eigenvalue weighted by Gasteiger charge is -2.24. The Balaban J connectivity index is 3.54. The number of aliphatic carboxylic acids is 2. The number of hydrogen-bond acceptors (Lipinski definition) is 5. The molecule has 0 bridgehead atoms. The lowest BCUT2D eigenvalue weighted by Crippen LogP contribution is -2.43. The van der Waals surface area contributed by atoms with Gasteiger partial charge in [0.25, 0.3) is 0 Å². The largest absolute Gasteiger partial charge is 0.480 e. The van der Waals surface area contributed by atoms with Crippen LogP contribution >= 0.6 is 0 Å². The Bertz CT molecular complexity index is 458. The SMILES string of the molecule is CCCC(C(=O)O)(C(=O)O)C1=C(C)C(=O)OC1=O. The maximum Gasteiger partial charge on any atom is 0.344 e. The number of rotatable bonds is 5. The summed E-state index contributed by atoms with van der Waals surface area (Å²) in [5.41, 5.74) is -3.28. The van der Waals surface area contributed by atoms with Crippen LogP contribution in [0, 0.1) is 5.41 Å². The van der Waals surface area contributed by atoms with Crippen LogP contribution in [0.1, 0.15) is 26.7 Å².